The minimum absolute atomic E-state index is 0. The molecule has 0 bridgehead atoms. The van der Waals surface area contributed by atoms with E-state index in [2.05, 4.69) is 45.5 Å². The smallest absolute Gasteiger partial charge is 0.410 e. The van der Waals surface area contributed by atoms with E-state index in [9.17, 15) is 27.6 Å². The lowest BCUT2D eigenvalue weighted by atomic mass is 10.1. The normalized spacial score (nSPS) is 16.4. The molecule has 6 aliphatic heterocycles. The molecule has 32 heteroatoms. The van der Waals surface area contributed by atoms with Crippen molar-refractivity contribution < 1.29 is 36.7 Å². The summed E-state index contributed by atoms with van der Waals surface area (Å²) < 4.78 is 57.8. The number of halogens is 1. The number of fused-ring (bicyclic) bond motifs is 3. The number of nitrogens with one attached hydrogen (secondary N) is 4. The summed E-state index contributed by atoms with van der Waals surface area (Å²) in [6.45, 7) is 24.5. The molecular weight excluding hydrogens is 1380 g/mol. The summed E-state index contributed by atoms with van der Waals surface area (Å²) in [6, 6.07) is 28.4. The van der Waals surface area contributed by atoms with Crippen LogP contribution in [0.2, 0.25) is 0 Å². The molecule has 3 saturated heterocycles. The Morgan fingerprint density at radius 1 is 0.553 bits per heavy atom. The Balaban J connectivity index is 0.000000146. The van der Waals surface area contributed by atoms with Crippen LogP contribution in [0.1, 0.15) is 84.6 Å². The SMILES string of the molecule is C.Cc1cccc(-c2cc(=O)n(-c3nc4c(c(N5CCOCC5)n3)CN(C(=O)OC(C)(C)C)C4)[nH]2)c1.Cc1cccc(-c2cc(=O)n(-c3nc4c(c(N5CCOCC5)n3)CNC4)[nH]2)c1.Cc1cccc(-c2cc(=O)n(-c3nc4c(c(N5CCOCC5)n3)SC(S(=O)(=O)c3c(C)noc3C)C4)[nH]2)c1.Cl. The van der Waals surface area contributed by atoms with Crippen molar-refractivity contribution in [3.63, 3.8) is 0 Å². The number of H-pyrrole nitrogens is 3. The number of morpholine rings is 3. The molecule has 3 aromatic carbocycles. The summed E-state index contributed by atoms with van der Waals surface area (Å²) in [4.78, 5) is 88.7. The first-order valence-electron chi connectivity index (χ1n) is 33.5. The Labute approximate surface area is 604 Å². The lowest BCUT2D eigenvalue weighted by Gasteiger charge is -2.29. The van der Waals surface area contributed by atoms with Crippen LogP contribution in [0.15, 0.2) is 120 Å². The number of benzene rings is 3. The van der Waals surface area contributed by atoms with Gasteiger partial charge in [0.15, 0.2) is 15.6 Å². The Hall–Kier alpha value is -9.76. The predicted octanol–water partition coefficient (Wildman–Crippen LogP) is 8.27. The highest BCUT2D eigenvalue weighted by atomic mass is 35.5. The van der Waals surface area contributed by atoms with E-state index in [4.69, 9.17) is 48.4 Å². The Kier molecular flexibility index (Phi) is 21.5. The summed E-state index contributed by atoms with van der Waals surface area (Å²) in [5.41, 5.74) is 11.4. The first kappa shape index (κ1) is 73.0. The fraction of sp³-hybridized carbons (Fsp3) is 0.394. The molecule has 1 unspecified atom stereocenters. The van der Waals surface area contributed by atoms with Gasteiger partial charge < -0.3 is 43.5 Å². The van der Waals surface area contributed by atoms with E-state index in [0.29, 0.717) is 124 Å². The molecule has 29 nitrogen and oxygen atoms in total. The number of hydrogen-bond acceptors (Lipinski definition) is 23. The third-order valence-corrected chi connectivity index (χ3v) is 22.0. The Morgan fingerprint density at radius 2 is 0.981 bits per heavy atom. The van der Waals surface area contributed by atoms with Crippen molar-refractivity contribution >= 4 is 57.6 Å². The predicted molar refractivity (Wildman–Crippen MR) is 392 cm³/mol. The van der Waals surface area contributed by atoms with Gasteiger partial charge in [0.05, 0.1) is 97.5 Å². The standard InChI is InChI=1S/C25H26N6O5S2.C25H30N6O4.C20H22N6O2.CH4.ClH/c1-14-5-4-6-17(11-14)18-12-20(32)31(28-18)25-26-19-13-21(38(33,34)23-15(2)29-36-16(23)3)37-22(19)24(27-25)30-7-9-35-10-8-30;1-16-6-5-7-17(12-16)19-13-21(32)31(28-19)23-26-20-15-30(24(33)35-25(2,3)4)14-18(20)22(27-23)29-8-10-34-11-9-29;1-13-3-2-4-14(9-13)16-10-18(27)26(24-16)20-22-17-12-21-11-15(17)19(23-20)25-5-7-28-8-6-25;;/h4-6,11-12,21,28H,7-10,13H2,1-3H3;5-7,12-13,28H,8-11,14-15H2,1-4H3;2-4,9-10,21,24H,5-8,11-12H2,1H3;1H4;1H. The van der Waals surface area contributed by atoms with Gasteiger partial charge in [0.2, 0.25) is 0 Å². The van der Waals surface area contributed by atoms with Crippen molar-refractivity contribution in [1.29, 1.82) is 0 Å². The Bertz CT molecular complexity index is 5080. The molecule has 0 aliphatic carbocycles. The van der Waals surface area contributed by atoms with E-state index in [1.54, 1.807) is 30.9 Å². The molecule has 7 aromatic heterocycles. The maximum Gasteiger partial charge on any atom is 0.410 e. The molecule has 13 heterocycles. The highest BCUT2D eigenvalue weighted by Crippen LogP contribution is 2.46. The number of nitrogens with zero attached hydrogens (tertiary/aromatic N) is 14. The molecule has 16 rings (SSSR count). The number of hydrogen-bond donors (Lipinski definition) is 4. The van der Waals surface area contributed by atoms with Crippen LogP contribution in [0, 0.1) is 34.6 Å². The highest BCUT2D eigenvalue weighted by Gasteiger charge is 2.42. The van der Waals surface area contributed by atoms with Gasteiger partial charge in [-0.15, -0.1) is 12.4 Å². The van der Waals surface area contributed by atoms with Gasteiger partial charge in [-0.1, -0.05) is 95.6 Å². The Morgan fingerprint density at radius 3 is 1.42 bits per heavy atom. The number of aryl methyl sites for hydroxylation is 5. The van der Waals surface area contributed by atoms with Crippen LogP contribution >= 0.6 is 24.2 Å². The lowest BCUT2D eigenvalue weighted by Crippen LogP contribution is -2.38. The van der Waals surface area contributed by atoms with Gasteiger partial charge in [-0.25, -0.2) is 28.2 Å². The number of amides is 1. The van der Waals surface area contributed by atoms with Gasteiger partial charge in [-0.2, -0.15) is 29.0 Å². The summed E-state index contributed by atoms with van der Waals surface area (Å²) in [5.74, 6) is 3.29. The molecule has 0 spiro atoms. The molecule has 1 amide bonds. The summed E-state index contributed by atoms with van der Waals surface area (Å²) in [5, 5.41) is 16.6. The molecule has 10 aromatic rings. The van der Waals surface area contributed by atoms with Crippen LogP contribution in [-0.2, 0) is 61.4 Å². The van der Waals surface area contributed by atoms with Gasteiger partial charge in [-0.05, 0) is 90.3 Å². The number of aromatic nitrogens is 13. The minimum atomic E-state index is -3.77. The average Bonchev–Trinajstić information content (AvgIpc) is 1.61. The summed E-state index contributed by atoms with van der Waals surface area (Å²) in [6.07, 6.45) is -0.233. The second-order valence-electron chi connectivity index (χ2n) is 26.5. The molecule has 6 aliphatic rings. The molecule has 103 heavy (non-hydrogen) atoms. The monoisotopic (exact) mass is 1460 g/mol. The zero-order valence-electron chi connectivity index (χ0n) is 57.7. The quantitative estimate of drug-likeness (QED) is 0.0946. The molecule has 1 atom stereocenters. The third kappa shape index (κ3) is 15.5. The van der Waals surface area contributed by atoms with Crippen LogP contribution in [0.5, 0.6) is 0 Å². The second kappa shape index (κ2) is 30.3. The lowest BCUT2D eigenvalue weighted by molar-refractivity contribution is 0.0240. The number of sulfone groups is 1. The van der Waals surface area contributed by atoms with Gasteiger partial charge >= 0.3 is 6.09 Å². The van der Waals surface area contributed by atoms with Crippen LogP contribution < -0.4 is 36.7 Å². The number of thioether (sulfide) groups is 1. The maximum absolute atomic E-state index is 13.6. The van der Waals surface area contributed by atoms with Crippen LogP contribution in [0.3, 0.4) is 0 Å². The fourth-order valence-electron chi connectivity index (χ4n) is 12.9. The van der Waals surface area contributed by atoms with Crippen molar-refractivity contribution in [2.24, 2.45) is 0 Å². The summed E-state index contributed by atoms with van der Waals surface area (Å²) >= 11 is 1.23. The van der Waals surface area contributed by atoms with Gasteiger partial charge in [0.25, 0.3) is 34.5 Å². The first-order valence-corrected chi connectivity index (χ1v) is 35.9. The van der Waals surface area contributed by atoms with E-state index in [1.807, 2.05) is 114 Å². The number of ether oxygens (including phenoxy) is 4. The van der Waals surface area contributed by atoms with E-state index in [-0.39, 0.29) is 72.0 Å². The average molecular weight is 1460 g/mol. The first-order chi connectivity index (χ1) is 48.6. The molecular formula is C71H83ClN18O11S2. The number of carbonyl (C=O) groups is 1. The maximum atomic E-state index is 13.6. The number of carbonyl (C=O) groups excluding carboxylic acids is 1. The molecule has 542 valence electrons. The highest BCUT2D eigenvalue weighted by molar-refractivity contribution is 8.13. The van der Waals surface area contributed by atoms with Crippen LogP contribution in [0.4, 0.5) is 22.2 Å². The molecule has 4 N–H and O–H groups in total. The van der Waals surface area contributed by atoms with Crippen molar-refractivity contribution in [3.8, 4) is 51.6 Å². The van der Waals surface area contributed by atoms with Crippen LogP contribution in [-0.4, -0.2) is 173 Å². The van der Waals surface area contributed by atoms with E-state index in [1.165, 1.54) is 31.9 Å². The number of anilines is 3. The van der Waals surface area contributed by atoms with Crippen molar-refractivity contribution in [2.45, 2.75) is 115 Å². The van der Waals surface area contributed by atoms with E-state index in [0.717, 1.165) is 87.2 Å². The van der Waals surface area contributed by atoms with E-state index < -0.39 is 26.1 Å². The second-order valence-corrected chi connectivity index (χ2v) is 30.1. The van der Waals surface area contributed by atoms with E-state index >= 15 is 0 Å². The summed E-state index contributed by atoms with van der Waals surface area (Å²) in [7, 11) is -3.77. The topological polar surface area (TPSA) is 330 Å². The van der Waals surface area contributed by atoms with Crippen molar-refractivity contribution in [3.05, 3.63) is 178 Å². The van der Waals surface area contributed by atoms with Gasteiger partial charge in [0, 0.05) is 88.1 Å². The van der Waals surface area contributed by atoms with Gasteiger partial charge in [-0.3, -0.25) is 34.6 Å². The van der Waals surface area contributed by atoms with Crippen LogP contribution in [0.25, 0.3) is 51.6 Å². The number of rotatable bonds is 11. The fourth-order valence-corrected chi connectivity index (χ4v) is 16.6. The third-order valence-electron chi connectivity index (χ3n) is 17.8. The zero-order valence-corrected chi connectivity index (χ0v) is 60.2. The molecule has 3 fully saturated rings. The van der Waals surface area contributed by atoms with Crippen molar-refractivity contribution in [2.75, 3.05) is 93.6 Å². The van der Waals surface area contributed by atoms with Crippen molar-refractivity contribution in [1.82, 2.24) is 74.6 Å². The molecule has 0 saturated carbocycles. The minimum Gasteiger partial charge on any atom is -0.444 e. The largest absolute Gasteiger partial charge is 0.444 e. The zero-order chi connectivity index (χ0) is 70.4. The van der Waals surface area contributed by atoms with Gasteiger partial charge in [0.1, 0.15) is 32.5 Å². The molecule has 0 radical (unpaired) electrons. The number of aromatic amines is 3.